The van der Waals surface area contributed by atoms with Gasteiger partial charge in [0.25, 0.3) is 5.56 Å². The molecule has 0 unspecified atom stereocenters. The zero-order chi connectivity index (χ0) is 23.4. The fraction of sp³-hybridized carbons (Fsp3) is 0.0400. The minimum absolute atomic E-state index is 0.202. The quantitative estimate of drug-likeness (QED) is 0.387. The van der Waals surface area contributed by atoms with Crippen LogP contribution in [0.25, 0.3) is 22.0 Å². The molecule has 0 radical (unpaired) electrons. The van der Waals surface area contributed by atoms with Gasteiger partial charge in [0, 0.05) is 29.8 Å². The van der Waals surface area contributed by atoms with Crippen LogP contribution >= 0.6 is 0 Å². The zero-order valence-electron chi connectivity index (χ0n) is 17.2. The number of rotatable bonds is 4. The number of anilines is 2. The number of nitrogens with zero attached hydrogens (tertiary/aromatic N) is 1. The van der Waals surface area contributed by atoms with Crippen molar-refractivity contribution in [2.75, 3.05) is 5.32 Å². The van der Waals surface area contributed by atoms with E-state index < -0.39 is 11.9 Å². The van der Waals surface area contributed by atoms with E-state index in [1.54, 1.807) is 43.4 Å². The van der Waals surface area contributed by atoms with Crippen molar-refractivity contribution in [1.29, 1.82) is 0 Å². The van der Waals surface area contributed by atoms with Gasteiger partial charge in [0.2, 0.25) is 0 Å². The smallest absolute Gasteiger partial charge is 0.335 e. The number of nitrogens with one attached hydrogen (secondary N) is 1. The first-order chi connectivity index (χ1) is 15.8. The molecule has 0 fully saturated rings. The van der Waals surface area contributed by atoms with E-state index in [0.717, 1.165) is 6.07 Å². The lowest BCUT2D eigenvalue weighted by molar-refractivity contribution is 0.0696. The molecule has 3 N–H and O–H groups in total. The van der Waals surface area contributed by atoms with Gasteiger partial charge in [0.15, 0.2) is 5.78 Å². The van der Waals surface area contributed by atoms with Gasteiger partial charge < -0.3 is 20.1 Å². The molecule has 4 aromatic rings. The third-order valence-electron chi connectivity index (χ3n) is 5.81. The summed E-state index contributed by atoms with van der Waals surface area (Å²) in [6.07, 6.45) is 0. The van der Waals surface area contributed by atoms with Crippen molar-refractivity contribution < 1.29 is 24.6 Å². The number of hydrogen-bond donors (Lipinski definition) is 3. The van der Waals surface area contributed by atoms with E-state index in [9.17, 15) is 29.4 Å². The van der Waals surface area contributed by atoms with E-state index in [-0.39, 0.29) is 28.2 Å². The highest BCUT2D eigenvalue weighted by Gasteiger charge is 2.29. The Labute approximate surface area is 186 Å². The number of carboxylic acids is 2. The van der Waals surface area contributed by atoms with E-state index >= 15 is 0 Å². The second-order valence-electron chi connectivity index (χ2n) is 7.75. The number of aromatic nitrogens is 1. The van der Waals surface area contributed by atoms with Crippen molar-refractivity contribution in [3.63, 3.8) is 0 Å². The van der Waals surface area contributed by atoms with E-state index in [2.05, 4.69) is 5.32 Å². The summed E-state index contributed by atoms with van der Waals surface area (Å²) in [5, 5.41) is 22.4. The van der Waals surface area contributed by atoms with E-state index in [1.807, 2.05) is 0 Å². The molecule has 0 saturated carbocycles. The number of fused-ring (bicyclic) bond motifs is 2. The number of pyridine rings is 1. The SMILES string of the molecule is Cn1c(=O)cc2c3c(c(Nc4cc(C(=O)O)cc(C(=O)O)c4)ccc31)C(=O)c1ccccc1-2. The lowest BCUT2D eigenvalue weighted by Crippen LogP contribution is -2.21. The van der Waals surface area contributed by atoms with Crippen LogP contribution in [0.3, 0.4) is 0 Å². The molecule has 0 amide bonds. The Bertz CT molecular complexity index is 1570. The van der Waals surface area contributed by atoms with Crippen LogP contribution in [-0.4, -0.2) is 32.5 Å². The van der Waals surface area contributed by atoms with Gasteiger partial charge in [-0.1, -0.05) is 24.3 Å². The standard InChI is InChI=1S/C25H16N2O6/c1-27-19-7-6-18(26-14-9-12(24(30)31)8-13(10-14)25(32)33)22-21(19)17(11-20(27)28)15-4-2-3-5-16(15)23(22)29/h2-11,26H,1H3,(H,30,31)(H,32,33). The molecule has 1 aromatic heterocycles. The van der Waals surface area contributed by atoms with Crippen LogP contribution in [0.5, 0.6) is 0 Å². The molecule has 1 aliphatic carbocycles. The highest BCUT2D eigenvalue weighted by molar-refractivity contribution is 6.28. The molecule has 0 atom stereocenters. The first-order valence-corrected chi connectivity index (χ1v) is 9.96. The van der Waals surface area contributed by atoms with E-state index in [4.69, 9.17) is 0 Å². The molecule has 0 bridgehead atoms. The zero-order valence-corrected chi connectivity index (χ0v) is 17.2. The van der Waals surface area contributed by atoms with Gasteiger partial charge in [-0.05, 0) is 41.5 Å². The van der Waals surface area contributed by atoms with Crippen molar-refractivity contribution in [2.45, 2.75) is 0 Å². The summed E-state index contributed by atoms with van der Waals surface area (Å²) in [7, 11) is 1.62. The topological polar surface area (TPSA) is 126 Å². The molecule has 3 aromatic carbocycles. The number of aromatic carboxylic acids is 2. The minimum atomic E-state index is -1.27. The van der Waals surface area contributed by atoms with Crippen LogP contribution in [0, 0.1) is 0 Å². The predicted octanol–water partition coefficient (Wildman–Crippen LogP) is 3.89. The van der Waals surface area contributed by atoms with Crippen molar-refractivity contribution in [1.82, 2.24) is 4.57 Å². The summed E-state index contributed by atoms with van der Waals surface area (Å²) in [6, 6.07) is 15.5. The lowest BCUT2D eigenvalue weighted by atomic mass is 9.83. The maximum absolute atomic E-state index is 13.5. The highest BCUT2D eigenvalue weighted by atomic mass is 16.4. The summed E-state index contributed by atoms with van der Waals surface area (Å²) in [4.78, 5) is 49.1. The molecular weight excluding hydrogens is 424 g/mol. The second kappa shape index (κ2) is 7.16. The molecule has 33 heavy (non-hydrogen) atoms. The molecule has 1 aliphatic rings. The Morgan fingerprint density at radius 2 is 1.45 bits per heavy atom. The maximum Gasteiger partial charge on any atom is 0.335 e. The molecule has 8 nitrogen and oxygen atoms in total. The first-order valence-electron chi connectivity index (χ1n) is 9.96. The molecular formula is C25H16N2O6. The minimum Gasteiger partial charge on any atom is -0.478 e. The van der Waals surface area contributed by atoms with Gasteiger partial charge in [0.05, 0.1) is 27.9 Å². The molecule has 1 heterocycles. The number of carbonyl (C=O) groups is 3. The van der Waals surface area contributed by atoms with Crippen LogP contribution in [-0.2, 0) is 7.05 Å². The summed E-state index contributed by atoms with van der Waals surface area (Å²) in [6.45, 7) is 0. The Hall–Kier alpha value is -4.72. The summed E-state index contributed by atoms with van der Waals surface area (Å²) >= 11 is 0. The third kappa shape index (κ3) is 3.08. The van der Waals surface area contributed by atoms with Gasteiger partial charge in [-0.25, -0.2) is 9.59 Å². The Morgan fingerprint density at radius 3 is 2.09 bits per heavy atom. The predicted molar refractivity (Wildman–Crippen MR) is 122 cm³/mol. The van der Waals surface area contributed by atoms with Crippen molar-refractivity contribution >= 4 is 40.0 Å². The van der Waals surface area contributed by atoms with Crippen LogP contribution in [0.15, 0.2) is 65.5 Å². The molecule has 5 rings (SSSR count). The molecule has 0 spiro atoms. The van der Waals surface area contributed by atoms with Crippen molar-refractivity contribution in [3.05, 3.63) is 93.3 Å². The van der Waals surface area contributed by atoms with Gasteiger partial charge in [-0.2, -0.15) is 0 Å². The monoisotopic (exact) mass is 440 g/mol. The van der Waals surface area contributed by atoms with Crippen LogP contribution in [0.4, 0.5) is 11.4 Å². The normalized spacial score (nSPS) is 11.8. The highest BCUT2D eigenvalue weighted by Crippen LogP contribution is 2.42. The van der Waals surface area contributed by atoms with Gasteiger partial charge in [0.1, 0.15) is 0 Å². The Kier molecular flexibility index (Phi) is 4.39. The third-order valence-corrected chi connectivity index (χ3v) is 5.81. The second-order valence-corrected chi connectivity index (χ2v) is 7.75. The fourth-order valence-corrected chi connectivity index (χ4v) is 4.26. The summed E-state index contributed by atoms with van der Waals surface area (Å²) in [5.41, 5.74) is 2.61. The molecule has 8 heteroatoms. The van der Waals surface area contributed by atoms with Crippen molar-refractivity contribution in [3.8, 4) is 11.1 Å². The van der Waals surface area contributed by atoms with Gasteiger partial charge >= 0.3 is 11.9 Å². The molecule has 0 saturated heterocycles. The lowest BCUT2D eigenvalue weighted by Gasteiger charge is -2.23. The maximum atomic E-state index is 13.5. The van der Waals surface area contributed by atoms with Crippen molar-refractivity contribution in [2.24, 2.45) is 7.05 Å². The van der Waals surface area contributed by atoms with E-state index in [1.165, 1.54) is 22.8 Å². The number of aryl methyl sites for hydroxylation is 1. The number of hydrogen-bond acceptors (Lipinski definition) is 5. The molecule has 162 valence electrons. The van der Waals surface area contributed by atoms with Crippen LogP contribution in [0.1, 0.15) is 36.6 Å². The summed E-state index contributed by atoms with van der Waals surface area (Å²) < 4.78 is 1.46. The number of ketones is 1. The Balaban J connectivity index is 1.79. The fourth-order valence-electron chi connectivity index (χ4n) is 4.26. The largest absolute Gasteiger partial charge is 0.478 e. The number of carbonyl (C=O) groups excluding carboxylic acids is 1. The van der Waals surface area contributed by atoms with Gasteiger partial charge in [-0.15, -0.1) is 0 Å². The van der Waals surface area contributed by atoms with Crippen LogP contribution in [0.2, 0.25) is 0 Å². The Morgan fingerprint density at radius 1 is 0.818 bits per heavy atom. The first kappa shape index (κ1) is 20.2. The van der Waals surface area contributed by atoms with Crippen LogP contribution < -0.4 is 10.9 Å². The molecule has 0 aliphatic heterocycles. The average molecular weight is 440 g/mol. The number of carboxylic acid groups (broad SMARTS) is 2. The van der Waals surface area contributed by atoms with E-state index in [0.29, 0.717) is 38.8 Å². The number of benzene rings is 3. The van der Waals surface area contributed by atoms with Gasteiger partial charge in [-0.3, -0.25) is 9.59 Å². The summed E-state index contributed by atoms with van der Waals surface area (Å²) in [5.74, 6) is -2.80. The average Bonchev–Trinajstić information content (AvgIpc) is 2.80.